The number of carbonyl (C=O) groups is 2. The van der Waals surface area contributed by atoms with E-state index < -0.39 is 41.8 Å². The lowest BCUT2D eigenvalue weighted by Gasteiger charge is -2.38. The third-order valence-electron chi connectivity index (χ3n) is 4.86. The zero-order chi connectivity index (χ0) is 20.4. The molecule has 2 atom stereocenters. The summed E-state index contributed by atoms with van der Waals surface area (Å²) in [5.74, 6) is -3.04. The summed E-state index contributed by atoms with van der Waals surface area (Å²) in [7, 11) is 1.40. The van der Waals surface area contributed by atoms with Gasteiger partial charge in [0.15, 0.2) is 5.54 Å². The van der Waals surface area contributed by atoms with Gasteiger partial charge in [-0.2, -0.15) is 13.2 Å². The summed E-state index contributed by atoms with van der Waals surface area (Å²) in [6, 6.07) is 6.19. The Bertz CT molecular complexity index is 828. The summed E-state index contributed by atoms with van der Waals surface area (Å²) in [4.78, 5) is 28.1. The van der Waals surface area contributed by atoms with Crippen LogP contribution >= 0.6 is 0 Å². The van der Waals surface area contributed by atoms with Gasteiger partial charge in [0, 0.05) is 24.8 Å². The Kier molecular flexibility index (Phi) is 4.10. The van der Waals surface area contributed by atoms with Crippen molar-refractivity contribution in [1.29, 1.82) is 0 Å². The summed E-state index contributed by atoms with van der Waals surface area (Å²) < 4.78 is 47.5. The molecule has 1 aromatic rings. The fourth-order valence-electron chi connectivity index (χ4n) is 3.97. The number of fused-ring (bicyclic) bond motifs is 2. The maximum absolute atomic E-state index is 14.1. The van der Waals surface area contributed by atoms with Gasteiger partial charge in [-0.1, -0.05) is 24.8 Å². The third kappa shape index (κ3) is 2.69. The molecule has 2 aliphatic heterocycles. The van der Waals surface area contributed by atoms with Crippen LogP contribution in [0.15, 0.2) is 36.4 Å². The Labute approximate surface area is 155 Å². The first-order chi connectivity index (χ1) is 12.3. The highest BCUT2D eigenvalue weighted by Gasteiger charge is 2.71. The average molecular weight is 382 g/mol. The quantitative estimate of drug-likeness (QED) is 0.641. The Balaban J connectivity index is 2.27. The normalized spacial score (nSPS) is 25.4. The molecule has 1 spiro atoms. The van der Waals surface area contributed by atoms with Crippen molar-refractivity contribution in [2.45, 2.75) is 38.1 Å². The van der Waals surface area contributed by atoms with Crippen LogP contribution in [0.1, 0.15) is 26.3 Å². The van der Waals surface area contributed by atoms with Crippen molar-refractivity contribution in [2.75, 3.05) is 18.5 Å². The summed E-state index contributed by atoms with van der Waals surface area (Å²) in [5, 5.41) is 0. The molecule has 0 bridgehead atoms. The Morgan fingerprint density at radius 1 is 1.26 bits per heavy atom. The van der Waals surface area contributed by atoms with Crippen LogP contribution < -0.4 is 4.90 Å². The van der Waals surface area contributed by atoms with Crippen molar-refractivity contribution in [3.05, 3.63) is 42.0 Å². The van der Waals surface area contributed by atoms with Crippen LogP contribution in [-0.4, -0.2) is 42.3 Å². The second-order valence-corrected chi connectivity index (χ2v) is 7.85. The minimum atomic E-state index is -4.76. The van der Waals surface area contributed by atoms with Gasteiger partial charge in [0.2, 0.25) is 0 Å². The second-order valence-electron chi connectivity index (χ2n) is 7.85. The van der Waals surface area contributed by atoms with Crippen LogP contribution in [0, 0.1) is 5.92 Å². The standard InChI is InChI=1S/C19H21F3N2O3/c1-11-10-24(16(26)27-17(2,3)4)18(14(11)19(20,21)22)12-8-6-7-9-13(12)23(5)15(18)25/h6-9,14H,1,10H2,2-5H3/t14-,18-/m0/s1. The molecule has 1 saturated heterocycles. The van der Waals surface area contributed by atoms with E-state index in [1.165, 1.54) is 13.1 Å². The molecular weight excluding hydrogens is 361 g/mol. The zero-order valence-corrected chi connectivity index (χ0v) is 15.6. The first-order valence-electron chi connectivity index (χ1n) is 8.44. The van der Waals surface area contributed by atoms with Gasteiger partial charge in [-0.15, -0.1) is 0 Å². The van der Waals surface area contributed by atoms with E-state index in [-0.39, 0.29) is 11.1 Å². The number of likely N-dealkylation sites (N-methyl/N-ethyl adjacent to an activating group) is 1. The van der Waals surface area contributed by atoms with Crippen molar-refractivity contribution in [2.24, 2.45) is 5.92 Å². The number of likely N-dealkylation sites (tertiary alicyclic amines) is 1. The smallest absolute Gasteiger partial charge is 0.411 e. The van der Waals surface area contributed by atoms with Gasteiger partial charge in [-0.05, 0) is 32.4 Å². The third-order valence-corrected chi connectivity index (χ3v) is 4.86. The highest BCUT2D eigenvalue weighted by molar-refractivity contribution is 6.10. The highest BCUT2D eigenvalue weighted by atomic mass is 19.4. The lowest BCUT2D eigenvalue weighted by molar-refractivity contribution is -0.189. The molecule has 27 heavy (non-hydrogen) atoms. The van der Waals surface area contributed by atoms with Gasteiger partial charge < -0.3 is 9.64 Å². The summed E-state index contributed by atoms with van der Waals surface area (Å²) in [5.41, 5.74) is -2.96. The van der Waals surface area contributed by atoms with Crippen LogP contribution in [0.5, 0.6) is 0 Å². The van der Waals surface area contributed by atoms with E-state index in [1.54, 1.807) is 39.0 Å². The van der Waals surface area contributed by atoms with Crippen LogP contribution in [0.25, 0.3) is 0 Å². The van der Waals surface area contributed by atoms with E-state index in [1.807, 2.05) is 0 Å². The zero-order valence-electron chi connectivity index (χ0n) is 15.6. The molecule has 0 aliphatic carbocycles. The monoisotopic (exact) mass is 382 g/mol. The lowest BCUT2D eigenvalue weighted by Crippen LogP contribution is -2.57. The fraction of sp³-hybridized carbons (Fsp3) is 0.474. The summed E-state index contributed by atoms with van der Waals surface area (Å²) in [6.07, 6.45) is -5.74. The summed E-state index contributed by atoms with van der Waals surface area (Å²) in [6.45, 7) is 7.97. The molecule has 0 N–H and O–H groups in total. The van der Waals surface area contributed by atoms with Crippen LogP contribution in [0.4, 0.5) is 23.7 Å². The number of alkyl halides is 3. The number of hydrogen-bond acceptors (Lipinski definition) is 3. The molecular formula is C19H21F3N2O3. The minimum absolute atomic E-state index is 0.129. The molecule has 146 valence electrons. The second kappa shape index (κ2) is 5.74. The molecule has 8 heteroatoms. The average Bonchev–Trinajstić information content (AvgIpc) is 2.95. The topological polar surface area (TPSA) is 49.9 Å². The number of rotatable bonds is 0. The first kappa shape index (κ1) is 19.3. The Hall–Kier alpha value is -2.51. The molecule has 1 fully saturated rings. The number of para-hydroxylation sites is 1. The number of anilines is 1. The Morgan fingerprint density at radius 3 is 2.41 bits per heavy atom. The van der Waals surface area contributed by atoms with E-state index >= 15 is 0 Å². The maximum Gasteiger partial charge on any atom is 0.411 e. The molecule has 2 amide bonds. The van der Waals surface area contributed by atoms with Crippen molar-refractivity contribution < 1.29 is 27.5 Å². The Morgan fingerprint density at radius 2 is 1.85 bits per heavy atom. The molecule has 1 aromatic carbocycles. The van der Waals surface area contributed by atoms with Gasteiger partial charge in [-0.3, -0.25) is 9.69 Å². The fourth-order valence-corrected chi connectivity index (χ4v) is 3.97. The number of halogens is 3. The highest BCUT2D eigenvalue weighted by Crippen LogP contribution is 2.58. The number of carbonyl (C=O) groups excluding carboxylic acids is 2. The predicted molar refractivity (Wildman–Crippen MR) is 93.2 cm³/mol. The van der Waals surface area contributed by atoms with Crippen molar-refractivity contribution >= 4 is 17.7 Å². The van der Waals surface area contributed by atoms with Gasteiger partial charge in [0.05, 0.1) is 0 Å². The van der Waals surface area contributed by atoms with Gasteiger partial charge in [0.1, 0.15) is 11.5 Å². The van der Waals surface area contributed by atoms with Crippen LogP contribution in [-0.2, 0) is 15.1 Å². The molecule has 2 heterocycles. The number of benzene rings is 1. The SMILES string of the molecule is C=C1CN(C(=O)OC(C)(C)C)[C@]2(C(=O)N(C)c3ccccc32)[C@H]1C(F)(F)F. The molecule has 2 aliphatic rings. The number of nitrogens with zero attached hydrogens (tertiary/aromatic N) is 2. The minimum Gasteiger partial charge on any atom is -0.444 e. The van der Waals surface area contributed by atoms with E-state index in [4.69, 9.17) is 4.74 Å². The van der Waals surface area contributed by atoms with Gasteiger partial charge in [-0.25, -0.2) is 4.79 Å². The largest absolute Gasteiger partial charge is 0.444 e. The maximum atomic E-state index is 14.1. The van der Waals surface area contributed by atoms with Crippen LogP contribution in [0.2, 0.25) is 0 Å². The van der Waals surface area contributed by atoms with Crippen molar-refractivity contribution in [3.63, 3.8) is 0 Å². The van der Waals surface area contributed by atoms with E-state index in [0.717, 1.165) is 9.80 Å². The predicted octanol–water partition coefficient (Wildman–Crippen LogP) is 3.84. The number of ether oxygens (including phenoxy) is 1. The van der Waals surface area contributed by atoms with Crippen LogP contribution in [0.3, 0.4) is 0 Å². The van der Waals surface area contributed by atoms with Gasteiger partial charge >= 0.3 is 12.3 Å². The number of amides is 2. The molecule has 0 aromatic heterocycles. The lowest BCUT2D eigenvalue weighted by atomic mass is 9.77. The first-order valence-corrected chi connectivity index (χ1v) is 8.44. The summed E-state index contributed by atoms with van der Waals surface area (Å²) >= 11 is 0. The molecule has 0 unspecified atom stereocenters. The van der Waals surface area contributed by atoms with Gasteiger partial charge in [0.25, 0.3) is 5.91 Å². The molecule has 0 radical (unpaired) electrons. The molecule has 5 nitrogen and oxygen atoms in total. The van der Waals surface area contributed by atoms with E-state index in [2.05, 4.69) is 6.58 Å². The molecule has 0 saturated carbocycles. The number of hydrogen-bond donors (Lipinski definition) is 0. The van der Waals surface area contributed by atoms with E-state index in [9.17, 15) is 22.8 Å². The molecule has 3 rings (SSSR count). The van der Waals surface area contributed by atoms with Crippen molar-refractivity contribution in [3.8, 4) is 0 Å². The van der Waals surface area contributed by atoms with Crippen molar-refractivity contribution in [1.82, 2.24) is 4.90 Å². The van der Waals surface area contributed by atoms with E-state index in [0.29, 0.717) is 5.69 Å².